The summed E-state index contributed by atoms with van der Waals surface area (Å²) in [5, 5.41) is 30.6. The van der Waals surface area contributed by atoms with E-state index in [-0.39, 0.29) is 30.4 Å². The molecule has 3 aromatic heterocycles. The number of rotatable bonds is 8. The zero-order valence-corrected chi connectivity index (χ0v) is 23.2. The third-order valence-corrected chi connectivity index (χ3v) is 8.71. The number of halogens is 2. The van der Waals surface area contributed by atoms with Crippen LogP contribution >= 0.6 is 11.3 Å². The SMILES string of the molecule is CNC(=O)[C@H]1CC(Nc2nc(NCc3c(F)cccc3F)nc(C)c2-c2nc3c(C4CC4)nccc3s2)[C@H](O)[C@@H]1O. The van der Waals surface area contributed by atoms with E-state index < -0.39 is 35.8 Å². The molecule has 4 aromatic rings. The van der Waals surface area contributed by atoms with Gasteiger partial charge in [0.05, 0.1) is 39.7 Å². The number of carbonyl (C=O) groups is 1. The fourth-order valence-electron chi connectivity index (χ4n) is 5.31. The Hall–Kier alpha value is -3.81. The number of anilines is 2. The summed E-state index contributed by atoms with van der Waals surface area (Å²) in [5.74, 6) is -1.76. The summed E-state index contributed by atoms with van der Waals surface area (Å²) >= 11 is 1.46. The first kappa shape index (κ1) is 27.4. The summed E-state index contributed by atoms with van der Waals surface area (Å²) in [5.41, 5.74) is 2.76. The van der Waals surface area contributed by atoms with Crippen molar-refractivity contribution in [3.63, 3.8) is 0 Å². The Morgan fingerprint density at radius 3 is 2.56 bits per heavy atom. The molecule has 13 heteroatoms. The standard InChI is InChI=1S/C28H29F2N7O3S/c1-12-20(27-36-22-19(41-27)8-9-32-21(22)13-6-7-13)25(35-18-10-14(26(40)31-2)23(38)24(18)39)37-28(34-12)33-11-15-16(29)4-3-5-17(15)30/h3-5,8-9,13-14,18,23-24,38-39H,6-7,10-11H2,1-2H3,(H,31,40)(H2,33,34,35,37)/t14-,18?,23+,24-/m0/s1. The van der Waals surface area contributed by atoms with Crippen molar-refractivity contribution in [2.75, 3.05) is 17.7 Å². The van der Waals surface area contributed by atoms with Gasteiger partial charge >= 0.3 is 0 Å². The quantitative estimate of drug-likeness (QED) is 0.211. The minimum Gasteiger partial charge on any atom is -0.390 e. The van der Waals surface area contributed by atoms with Crippen molar-refractivity contribution in [2.24, 2.45) is 5.92 Å². The Bertz CT molecular complexity index is 1610. The van der Waals surface area contributed by atoms with Gasteiger partial charge in [-0.25, -0.2) is 18.7 Å². The Balaban J connectivity index is 1.39. The molecule has 3 heterocycles. The van der Waals surface area contributed by atoms with Gasteiger partial charge in [0, 0.05) is 31.3 Å². The van der Waals surface area contributed by atoms with Gasteiger partial charge in [0.2, 0.25) is 11.9 Å². The number of aliphatic hydroxyl groups is 2. The average Bonchev–Trinajstić information content (AvgIpc) is 3.65. The fraction of sp³-hybridized carbons (Fsp3) is 0.393. The number of benzene rings is 1. The molecule has 0 spiro atoms. The third-order valence-electron chi connectivity index (χ3n) is 7.68. The van der Waals surface area contributed by atoms with Gasteiger partial charge in [-0.15, -0.1) is 11.3 Å². The topological polar surface area (TPSA) is 145 Å². The van der Waals surface area contributed by atoms with Gasteiger partial charge in [0.1, 0.15) is 34.1 Å². The molecule has 4 atom stereocenters. The molecule has 214 valence electrons. The molecule has 2 aliphatic carbocycles. The molecule has 1 unspecified atom stereocenters. The van der Waals surface area contributed by atoms with Crippen LogP contribution < -0.4 is 16.0 Å². The molecule has 6 rings (SSSR count). The molecule has 10 nitrogen and oxygen atoms in total. The van der Waals surface area contributed by atoms with Crippen LogP contribution in [0.5, 0.6) is 0 Å². The summed E-state index contributed by atoms with van der Waals surface area (Å²) in [7, 11) is 1.47. The van der Waals surface area contributed by atoms with Crippen LogP contribution in [0.1, 0.15) is 42.1 Å². The summed E-state index contributed by atoms with van der Waals surface area (Å²) in [6.07, 6.45) is 1.57. The molecule has 5 N–H and O–H groups in total. The van der Waals surface area contributed by atoms with Gasteiger partial charge in [-0.3, -0.25) is 9.78 Å². The first-order chi connectivity index (χ1) is 19.7. The predicted octanol–water partition coefficient (Wildman–Crippen LogP) is 3.49. The van der Waals surface area contributed by atoms with E-state index in [1.807, 2.05) is 6.07 Å². The molecule has 2 saturated carbocycles. The highest BCUT2D eigenvalue weighted by Gasteiger charge is 2.45. The number of nitrogens with one attached hydrogen (secondary N) is 3. The van der Waals surface area contributed by atoms with E-state index in [0.717, 1.165) is 28.8 Å². The zero-order valence-electron chi connectivity index (χ0n) is 22.4. The Morgan fingerprint density at radius 1 is 1.10 bits per heavy atom. The van der Waals surface area contributed by atoms with Crippen LogP contribution in [0.3, 0.4) is 0 Å². The lowest BCUT2D eigenvalue weighted by atomic mass is 10.1. The van der Waals surface area contributed by atoms with Gasteiger partial charge in [0.25, 0.3) is 0 Å². The van der Waals surface area contributed by atoms with Crippen LogP contribution in [0.25, 0.3) is 20.8 Å². The maximum atomic E-state index is 14.2. The highest BCUT2D eigenvalue weighted by atomic mass is 32.1. The van der Waals surface area contributed by atoms with Crippen molar-refractivity contribution in [1.29, 1.82) is 0 Å². The predicted molar refractivity (Wildman–Crippen MR) is 150 cm³/mol. The molecular weight excluding hydrogens is 552 g/mol. The highest BCUT2D eigenvalue weighted by molar-refractivity contribution is 7.21. The Morgan fingerprint density at radius 2 is 1.85 bits per heavy atom. The van der Waals surface area contributed by atoms with Gasteiger partial charge in [-0.2, -0.15) is 4.98 Å². The number of hydrogen-bond donors (Lipinski definition) is 5. The van der Waals surface area contributed by atoms with E-state index in [1.165, 1.54) is 36.6 Å². The number of hydrogen-bond acceptors (Lipinski definition) is 10. The highest BCUT2D eigenvalue weighted by Crippen LogP contribution is 2.44. The number of pyridine rings is 1. The number of amides is 1. The molecule has 41 heavy (non-hydrogen) atoms. The van der Waals surface area contributed by atoms with E-state index >= 15 is 0 Å². The van der Waals surface area contributed by atoms with Crippen LogP contribution in [0.2, 0.25) is 0 Å². The van der Waals surface area contributed by atoms with Crippen molar-refractivity contribution < 1.29 is 23.8 Å². The summed E-state index contributed by atoms with van der Waals surface area (Å²) in [4.78, 5) is 31.0. The number of nitrogens with zero attached hydrogens (tertiary/aromatic N) is 4. The van der Waals surface area contributed by atoms with E-state index in [1.54, 1.807) is 13.1 Å². The molecule has 0 aliphatic heterocycles. The summed E-state index contributed by atoms with van der Waals surface area (Å²) in [6.45, 7) is 1.58. The third kappa shape index (κ3) is 5.20. The number of fused-ring (bicyclic) bond motifs is 1. The minimum absolute atomic E-state index is 0.105. The summed E-state index contributed by atoms with van der Waals surface area (Å²) in [6, 6.07) is 4.85. The van der Waals surface area contributed by atoms with Crippen LogP contribution in [0.15, 0.2) is 30.5 Å². The zero-order chi connectivity index (χ0) is 28.8. The number of aryl methyl sites for hydroxylation is 1. The molecule has 1 amide bonds. The van der Waals surface area contributed by atoms with Gasteiger partial charge in [0.15, 0.2) is 0 Å². The Labute approximate surface area is 238 Å². The van der Waals surface area contributed by atoms with Crippen molar-refractivity contribution in [3.8, 4) is 10.6 Å². The summed E-state index contributed by atoms with van der Waals surface area (Å²) < 4.78 is 29.5. The second-order valence-corrected chi connectivity index (χ2v) is 11.5. The first-order valence-electron chi connectivity index (χ1n) is 13.4. The van der Waals surface area contributed by atoms with Gasteiger partial charge < -0.3 is 26.2 Å². The normalized spacial score (nSPS) is 22.2. The van der Waals surface area contributed by atoms with E-state index in [0.29, 0.717) is 28.0 Å². The van der Waals surface area contributed by atoms with Gasteiger partial charge in [-0.1, -0.05) is 6.07 Å². The average molecular weight is 582 g/mol. The van der Waals surface area contributed by atoms with E-state index in [9.17, 15) is 23.8 Å². The molecule has 0 radical (unpaired) electrons. The van der Waals surface area contributed by atoms with Crippen molar-refractivity contribution in [3.05, 3.63) is 59.0 Å². The lowest BCUT2D eigenvalue weighted by Crippen LogP contribution is -2.38. The lowest BCUT2D eigenvalue weighted by Gasteiger charge is -2.21. The van der Waals surface area contributed by atoms with E-state index in [4.69, 9.17) is 4.98 Å². The first-order valence-corrected chi connectivity index (χ1v) is 14.2. The number of thiazole rings is 1. The molecule has 0 bridgehead atoms. The van der Waals surface area contributed by atoms with Crippen molar-refractivity contribution in [1.82, 2.24) is 25.3 Å². The minimum atomic E-state index is -1.27. The van der Waals surface area contributed by atoms with Crippen LogP contribution in [0.4, 0.5) is 20.5 Å². The molecule has 0 saturated heterocycles. The van der Waals surface area contributed by atoms with Crippen LogP contribution in [-0.4, -0.2) is 61.4 Å². The largest absolute Gasteiger partial charge is 0.390 e. The Kier molecular flexibility index (Phi) is 7.26. The lowest BCUT2D eigenvalue weighted by molar-refractivity contribution is -0.128. The monoisotopic (exact) mass is 581 g/mol. The molecule has 2 fully saturated rings. The van der Waals surface area contributed by atoms with Gasteiger partial charge in [-0.05, 0) is 44.4 Å². The van der Waals surface area contributed by atoms with Crippen molar-refractivity contribution >= 4 is 39.2 Å². The second-order valence-electron chi connectivity index (χ2n) is 10.4. The van der Waals surface area contributed by atoms with Crippen LogP contribution in [0, 0.1) is 24.5 Å². The maximum Gasteiger partial charge on any atom is 0.225 e. The van der Waals surface area contributed by atoms with E-state index in [2.05, 4.69) is 30.9 Å². The van der Waals surface area contributed by atoms with Crippen molar-refractivity contribution in [2.45, 2.75) is 56.9 Å². The molecular formula is C28H29F2N7O3S. The number of aliphatic hydroxyl groups excluding tert-OH is 2. The maximum absolute atomic E-state index is 14.2. The van der Waals surface area contributed by atoms with Crippen LogP contribution in [-0.2, 0) is 11.3 Å². The molecule has 1 aromatic carbocycles. The smallest absolute Gasteiger partial charge is 0.225 e. The fourth-order valence-corrected chi connectivity index (χ4v) is 6.38. The molecule has 2 aliphatic rings. The second kappa shape index (κ2) is 10.9. The number of carbonyl (C=O) groups excluding carboxylic acids is 1. The number of aromatic nitrogens is 4.